The number of carbonyl (C=O) groups is 1. The summed E-state index contributed by atoms with van der Waals surface area (Å²) in [4.78, 5) is 21.9. The Kier molecular flexibility index (Phi) is 15.5. The van der Waals surface area contributed by atoms with Gasteiger partial charge in [-0.25, -0.2) is 4.79 Å². The van der Waals surface area contributed by atoms with Crippen LogP contribution in [0.3, 0.4) is 0 Å². The summed E-state index contributed by atoms with van der Waals surface area (Å²) in [6.45, 7) is 26.3. The van der Waals surface area contributed by atoms with E-state index in [1.165, 1.54) is 82.0 Å². The molecule has 0 bridgehead atoms. The van der Waals surface area contributed by atoms with Crippen LogP contribution in [0.4, 0.5) is 27.5 Å². The van der Waals surface area contributed by atoms with E-state index in [9.17, 15) is 4.79 Å². The van der Waals surface area contributed by atoms with Gasteiger partial charge in [0.25, 0.3) is 0 Å². The van der Waals surface area contributed by atoms with Crippen LogP contribution in [0.15, 0.2) is 48.5 Å². The molecular formula is C38H64N6O2. The summed E-state index contributed by atoms with van der Waals surface area (Å²) in [5.41, 5.74) is 4.05. The van der Waals surface area contributed by atoms with Gasteiger partial charge < -0.3 is 29.7 Å². The lowest BCUT2D eigenvalue weighted by Gasteiger charge is -2.35. The first-order valence-corrected chi connectivity index (χ1v) is 17.9. The number of hydrogen-bond acceptors (Lipinski definition) is 7. The summed E-state index contributed by atoms with van der Waals surface area (Å²) < 4.78 is 5.29. The van der Waals surface area contributed by atoms with Gasteiger partial charge in [-0.2, -0.15) is 0 Å². The number of anilines is 4. The topological polar surface area (TPSA) is 63.3 Å². The molecule has 1 amide bonds. The van der Waals surface area contributed by atoms with E-state index in [2.05, 4.69) is 94.3 Å². The van der Waals surface area contributed by atoms with Crippen LogP contribution >= 0.6 is 0 Å². The van der Waals surface area contributed by atoms with Crippen LogP contribution in [0.25, 0.3) is 0 Å². The van der Waals surface area contributed by atoms with Crippen LogP contribution in [0.2, 0.25) is 0 Å². The lowest BCUT2D eigenvalue weighted by atomic mass is 9.95. The molecule has 0 radical (unpaired) electrons. The first-order valence-electron chi connectivity index (χ1n) is 17.9. The molecule has 8 heteroatoms. The number of nitrogens with zero attached hydrogens (tertiary/aromatic N) is 4. The van der Waals surface area contributed by atoms with E-state index < -0.39 is 11.7 Å². The molecule has 2 aromatic carbocycles. The molecule has 2 aromatic rings. The molecule has 0 spiro atoms. The number of nitrogens with one attached hydrogen (secondary N) is 2. The SMILES string of the molecule is CCN(CC)CC1CCN(c2ccc(NC(=O)OC(C)(C)C)cc2)CC1.CCN(CC)CC1CCN(c2ccc(NC)cc2)CC1. The molecule has 258 valence electrons. The normalized spacial score (nSPS) is 16.3. The molecule has 2 fully saturated rings. The van der Waals surface area contributed by atoms with Gasteiger partial charge in [-0.1, -0.05) is 27.7 Å². The fourth-order valence-electron chi connectivity index (χ4n) is 6.46. The van der Waals surface area contributed by atoms with E-state index in [4.69, 9.17) is 4.74 Å². The maximum atomic E-state index is 11.8. The largest absolute Gasteiger partial charge is 0.444 e. The molecule has 4 rings (SSSR count). The van der Waals surface area contributed by atoms with E-state index >= 15 is 0 Å². The van der Waals surface area contributed by atoms with Gasteiger partial charge in [0.15, 0.2) is 0 Å². The second kappa shape index (κ2) is 19.0. The molecule has 2 aliphatic rings. The number of benzene rings is 2. The van der Waals surface area contributed by atoms with Gasteiger partial charge in [-0.15, -0.1) is 0 Å². The minimum absolute atomic E-state index is 0.414. The van der Waals surface area contributed by atoms with Gasteiger partial charge >= 0.3 is 6.09 Å². The Hall–Kier alpha value is -2.97. The molecule has 46 heavy (non-hydrogen) atoms. The van der Waals surface area contributed by atoms with Crippen LogP contribution in [0.1, 0.15) is 74.1 Å². The molecule has 0 unspecified atom stereocenters. The monoisotopic (exact) mass is 637 g/mol. The Bertz CT molecular complexity index is 1110. The van der Waals surface area contributed by atoms with Crippen LogP contribution in [-0.2, 0) is 4.74 Å². The number of carbonyl (C=O) groups excluding carboxylic acids is 1. The van der Waals surface area contributed by atoms with Crippen molar-refractivity contribution in [2.75, 3.05) is 92.9 Å². The average molecular weight is 637 g/mol. The number of hydrogen-bond donors (Lipinski definition) is 2. The summed E-state index contributed by atoms with van der Waals surface area (Å²) in [7, 11) is 1.97. The number of piperidine rings is 2. The fourth-order valence-corrected chi connectivity index (χ4v) is 6.46. The summed E-state index contributed by atoms with van der Waals surface area (Å²) in [6.07, 6.45) is 4.72. The zero-order valence-corrected chi connectivity index (χ0v) is 30.3. The highest BCUT2D eigenvalue weighted by atomic mass is 16.6. The third kappa shape index (κ3) is 12.7. The first kappa shape index (κ1) is 37.5. The lowest BCUT2D eigenvalue weighted by molar-refractivity contribution is 0.0636. The summed E-state index contributed by atoms with van der Waals surface area (Å²) in [6, 6.07) is 16.8. The minimum atomic E-state index is -0.487. The van der Waals surface area contributed by atoms with Crippen molar-refractivity contribution < 1.29 is 9.53 Å². The predicted molar refractivity (Wildman–Crippen MR) is 198 cm³/mol. The smallest absolute Gasteiger partial charge is 0.412 e. The zero-order valence-electron chi connectivity index (χ0n) is 30.3. The van der Waals surface area contributed by atoms with Crippen molar-refractivity contribution in [1.82, 2.24) is 9.80 Å². The van der Waals surface area contributed by atoms with E-state index in [1.807, 2.05) is 40.0 Å². The van der Waals surface area contributed by atoms with Crippen molar-refractivity contribution in [1.29, 1.82) is 0 Å². The third-order valence-electron chi connectivity index (χ3n) is 9.45. The fraction of sp³-hybridized carbons (Fsp3) is 0.658. The van der Waals surface area contributed by atoms with Gasteiger partial charge in [0.1, 0.15) is 5.60 Å². The summed E-state index contributed by atoms with van der Waals surface area (Å²) in [5.74, 6) is 1.68. The van der Waals surface area contributed by atoms with Crippen LogP contribution < -0.4 is 20.4 Å². The Morgan fingerprint density at radius 2 is 1.07 bits per heavy atom. The average Bonchev–Trinajstić information content (AvgIpc) is 3.06. The summed E-state index contributed by atoms with van der Waals surface area (Å²) >= 11 is 0. The van der Waals surface area contributed by atoms with Crippen molar-refractivity contribution in [2.24, 2.45) is 11.8 Å². The second-order valence-electron chi connectivity index (χ2n) is 13.8. The molecule has 0 saturated carbocycles. The van der Waals surface area contributed by atoms with Crippen LogP contribution in [-0.4, -0.2) is 94.0 Å². The van der Waals surface area contributed by atoms with Gasteiger partial charge in [-0.3, -0.25) is 5.32 Å². The van der Waals surface area contributed by atoms with Gasteiger partial charge in [0.05, 0.1) is 0 Å². The molecular weight excluding hydrogens is 572 g/mol. The number of ether oxygens (including phenoxy) is 1. The minimum Gasteiger partial charge on any atom is -0.444 e. The van der Waals surface area contributed by atoms with E-state index in [-0.39, 0.29) is 0 Å². The molecule has 2 saturated heterocycles. The molecule has 0 atom stereocenters. The van der Waals surface area contributed by atoms with Gasteiger partial charge in [-0.05, 0) is 133 Å². The van der Waals surface area contributed by atoms with Crippen molar-refractivity contribution in [3.63, 3.8) is 0 Å². The maximum Gasteiger partial charge on any atom is 0.412 e. The third-order valence-corrected chi connectivity index (χ3v) is 9.45. The molecule has 2 aliphatic heterocycles. The van der Waals surface area contributed by atoms with Crippen molar-refractivity contribution in [3.8, 4) is 0 Å². The highest BCUT2D eigenvalue weighted by molar-refractivity contribution is 5.85. The molecule has 8 nitrogen and oxygen atoms in total. The Balaban J connectivity index is 0.000000259. The molecule has 0 aliphatic carbocycles. The standard InChI is InChI=1S/C21H35N3O2.C17H29N3/c1-6-23(7-2)16-17-12-14-24(15-13-17)19-10-8-18(9-11-19)22-20(25)26-21(3,4)5;1-4-19(5-2)14-15-10-12-20(13-11-15)17-8-6-16(18-3)7-9-17/h8-11,17H,6-7,12-16H2,1-5H3,(H,22,25);6-9,15,18H,4-5,10-14H2,1-3H3. The highest BCUT2D eigenvalue weighted by Crippen LogP contribution is 2.27. The predicted octanol–water partition coefficient (Wildman–Crippen LogP) is 7.88. The van der Waals surface area contributed by atoms with Crippen LogP contribution in [0.5, 0.6) is 0 Å². The first-order chi connectivity index (χ1) is 22.1. The van der Waals surface area contributed by atoms with Crippen LogP contribution in [0, 0.1) is 11.8 Å². The molecule has 0 aromatic heterocycles. The van der Waals surface area contributed by atoms with Crippen molar-refractivity contribution in [2.45, 2.75) is 79.8 Å². The highest BCUT2D eigenvalue weighted by Gasteiger charge is 2.22. The summed E-state index contributed by atoms with van der Waals surface area (Å²) in [5, 5.41) is 5.96. The van der Waals surface area contributed by atoms with E-state index in [0.717, 1.165) is 43.7 Å². The quantitative estimate of drug-likeness (QED) is 0.246. The molecule has 2 N–H and O–H groups in total. The lowest BCUT2D eigenvalue weighted by Crippen LogP contribution is -2.38. The Labute approximate surface area is 280 Å². The zero-order chi connectivity index (χ0) is 33.5. The number of amides is 1. The maximum absolute atomic E-state index is 11.8. The van der Waals surface area contributed by atoms with Gasteiger partial charge in [0, 0.05) is 69.1 Å². The number of rotatable bonds is 12. The second-order valence-corrected chi connectivity index (χ2v) is 13.8. The van der Waals surface area contributed by atoms with E-state index in [0.29, 0.717) is 0 Å². The Morgan fingerprint density at radius 1 is 0.696 bits per heavy atom. The van der Waals surface area contributed by atoms with E-state index in [1.54, 1.807) is 0 Å². The van der Waals surface area contributed by atoms with Crippen molar-refractivity contribution in [3.05, 3.63) is 48.5 Å². The van der Waals surface area contributed by atoms with Crippen molar-refractivity contribution >= 4 is 28.8 Å². The molecule has 2 heterocycles. The van der Waals surface area contributed by atoms with Gasteiger partial charge in [0.2, 0.25) is 0 Å². The Morgan fingerprint density at radius 3 is 1.39 bits per heavy atom.